The molecule has 1 aliphatic carbocycles. The summed E-state index contributed by atoms with van der Waals surface area (Å²) in [5.41, 5.74) is 10.4. The topological polar surface area (TPSA) is 93.9 Å². The average molecular weight is 765 g/mol. The van der Waals surface area contributed by atoms with E-state index in [9.17, 15) is 20.4 Å². The summed E-state index contributed by atoms with van der Waals surface area (Å²) in [5.74, 6) is 0.813. The SMILES string of the molecule is CCN(CC)Cc1cc2c(O)c(c1)Cc1cc(CN(CC)CC)cc(c1O)Cc1cc(CN(CC)CC)cc(c1O)Cc1cc(CN(CC)CC)cc(c1O)C2. The lowest BCUT2D eigenvalue weighted by Crippen LogP contribution is -2.22. The second kappa shape index (κ2) is 19.9. The molecule has 0 saturated heterocycles. The molecule has 8 bridgehead atoms. The molecule has 0 radical (unpaired) electrons. The van der Waals surface area contributed by atoms with Crippen molar-refractivity contribution in [3.05, 3.63) is 115 Å². The molecular formula is C48H68N4O4. The number of fused-ring (bicyclic) bond motifs is 8. The Morgan fingerprint density at radius 2 is 0.446 bits per heavy atom. The lowest BCUT2D eigenvalue weighted by molar-refractivity contribution is 0.295. The number of benzene rings is 4. The van der Waals surface area contributed by atoms with E-state index >= 15 is 0 Å². The van der Waals surface area contributed by atoms with Crippen molar-refractivity contribution in [2.75, 3.05) is 52.4 Å². The van der Waals surface area contributed by atoms with Gasteiger partial charge in [0, 0.05) is 51.9 Å². The van der Waals surface area contributed by atoms with Gasteiger partial charge in [0.05, 0.1) is 0 Å². The van der Waals surface area contributed by atoms with Crippen molar-refractivity contribution >= 4 is 0 Å². The van der Waals surface area contributed by atoms with Crippen LogP contribution in [0.5, 0.6) is 23.0 Å². The summed E-state index contributed by atoms with van der Waals surface area (Å²) in [6.07, 6.45) is 1.37. The highest BCUT2D eigenvalue weighted by molar-refractivity contribution is 5.57. The number of phenolic OH excluding ortho intramolecular Hbond substituents is 4. The van der Waals surface area contributed by atoms with E-state index in [4.69, 9.17) is 0 Å². The van der Waals surface area contributed by atoms with Crippen LogP contribution < -0.4 is 0 Å². The quantitative estimate of drug-likeness (QED) is 0.0795. The Bertz CT molecular complexity index is 1550. The van der Waals surface area contributed by atoms with Crippen LogP contribution in [0.25, 0.3) is 0 Å². The molecule has 4 N–H and O–H groups in total. The van der Waals surface area contributed by atoms with Crippen LogP contribution in [0.4, 0.5) is 0 Å². The van der Waals surface area contributed by atoms with E-state index in [1.807, 2.05) is 0 Å². The molecule has 8 heteroatoms. The fraction of sp³-hybridized carbons (Fsp3) is 0.500. The van der Waals surface area contributed by atoms with Gasteiger partial charge in [-0.1, -0.05) is 104 Å². The van der Waals surface area contributed by atoms with E-state index in [1.165, 1.54) is 0 Å². The first-order valence-corrected chi connectivity index (χ1v) is 21.2. The van der Waals surface area contributed by atoms with Crippen LogP contribution in [0.3, 0.4) is 0 Å². The maximum Gasteiger partial charge on any atom is 0.122 e. The van der Waals surface area contributed by atoms with Crippen molar-refractivity contribution in [1.82, 2.24) is 19.6 Å². The van der Waals surface area contributed by atoms with Gasteiger partial charge < -0.3 is 20.4 Å². The summed E-state index contributed by atoms with van der Waals surface area (Å²) in [6, 6.07) is 16.7. The molecule has 0 heterocycles. The van der Waals surface area contributed by atoms with E-state index in [-0.39, 0.29) is 23.0 Å². The molecule has 56 heavy (non-hydrogen) atoms. The minimum Gasteiger partial charge on any atom is -0.507 e. The van der Waals surface area contributed by atoms with Gasteiger partial charge in [-0.2, -0.15) is 0 Å². The number of rotatable bonds is 16. The highest BCUT2D eigenvalue weighted by atomic mass is 16.3. The van der Waals surface area contributed by atoms with Crippen molar-refractivity contribution in [3.8, 4) is 23.0 Å². The van der Waals surface area contributed by atoms with Crippen molar-refractivity contribution in [2.24, 2.45) is 0 Å². The predicted octanol–water partition coefficient (Wildman–Crippen LogP) is 8.55. The van der Waals surface area contributed by atoms with Crippen molar-refractivity contribution in [2.45, 2.75) is 107 Å². The zero-order valence-corrected chi connectivity index (χ0v) is 35.5. The van der Waals surface area contributed by atoms with Crippen LogP contribution in [0.1, 0.15) is 122 Å². The standard InChI is InChI=1S/C48H68N4O4/c1-9-49(10-2)29-33-17-37-25-39-19-34(30-50(11-3)12-4)21-41(46(39)54)27-43-23-36(32-52(15-7)16-8)24-44(48(43)56)28-42-22-35(31-51(13-5)14-6)20-40(47(42)55)26-38(18-33)45(37)53/h17-24,53-56H,9-16,25-32H2,1-8H3. The zero-order valence-electron chi connectivity index (χ0n) is 35.5. The Balaban J connectivity index is 1.80. The third-order valence-electron chi connectivity index (χ3n) is 12.0. The Hall–Kier alpha value is -4.08. The zero-order chi connectivity index (χ0) is 40.5. The maximum atomic E-state index is 12.1. The highest BCUT2D eigenvalue weighted by Gasteiger charge is 2.23. The fourth-order valence-electron chi connectivity index (χ4n) is 8.41. The fourth-order valence-corrected chi connectivity index (χ4v) is 8.41. The van der Waals surface area contributed by atoms with Gasteiger partial charge in [0.1, 0.15) is 23.0 Å². The predicted molar refractivity (Wildman–Crippen MR) is 230 cm³/mol. The van der Waals surface area contributed by atoms with Crippen LogP contribution in [0, 0.1) is 0 Å². The van der Waals surface area contributed by atoms with Gasteiger partial charge in [-0.05, 0) is 119 Å². The number of nitrogens with zero attached hydrogens (tertiary/aromatic N) is 4. The largest absolute Gasteiger partial charge is 0.507 e. The van der Waals surface area contributed by atoms with Crippen LogP contribution in [0.15, 0.2) is 48.5 Å². The van der Waals surface area contributed by atoms with Crippen molar-refractivity contribution < 1.29 is 20.4 Å². The Morgan fingerprint density at radius 3 is 0.571 bits per heavy atom. The third-order valence-corrected chi connectivity index (χ3v) is 12.0. The molecule has 5 rings (SSSR count). The lowest BCUT2D eigenvalue weighted by Gasteiger charge is -2.24. The third kappa shape index (κ3) is 10.3. The number of hydrogen-bond donors (Lipinski definition) is 4. The minimum atomic E-state index is 0.203. The second-order valence-electron chi connectivity index (χ2n) is 15.6. The smallest absolute Gasteiger partial charge is 0.122 e. The molecule has 0 saturated carbocycles. The van der Waals surface area contributed by atoms with Crippen molar-refractivity contribution in [1.29, 1.82) is 0 Å². The van der Waals surface area contributed by atoms with E-state index < -0.39 is 0 Å². The summed E-state index contributed by atoms with van der Waals surface area (Å²) < 4.78 is 0. The van der Waals surface area contributed by atoms with E-state index in [0.29, 0.717) is 25.7 Å². The van der Waals surface area contributed by atoms with E-state index in [0.717, 1.165) is 145 Å². The minimum absolute atomic E-state index is 0.203. The Kier molecular flexibility index (Phi) is 15.3. The lowest BCUT2D eigenvalue weighted by atomic mass is 9.88. The molecule has 0 aromatic heterocycles. The number of phenols is 4. The Labute approximate surface area is 337 Å². The second-order valence-corrected chi connectivity index (χ2v) is 15.6. The molecule has 0 spiro atoms. The number of aromatic hydroxyl groups is 4. The van der Waals surface area contributed by atoms with Crippen molar-refractivity contribution in [3.63, 3.8) is 0 Å². The summed E-state index contributed by atoms with van der Waals surface area (Å²) in [6.45, 7) is 27.5. The average Bonchev–Trinajstić information content (AvgIpc) is 3.20. The molecule has 0 atom stereocenters. The van der Waals surface area contributed by atoms with Gasteiger partial charge in [0.15, 0.2) is 0 Å². The summed E-state index contributed by atoms with van der Waals surface area (Å²) in [5, 5.41) is 48.4. The monoisotopic (exact) mass is 765 g/mol. The molecule has 0 amide bonds. The van der Waals surface area contributed by atoms with E-state index in [2.05, 4.69) is 124 Å². The molecule has 0 fully saturated rings. The maximum absolute atomic E-state index is 12.1. The van der Waals surface area contributed by atoms with Gasteiger partial charge in [0.25, 0.3) is 0 Å². The first-order valence-electron chi connectivity index (χ1n) is 21.2. The molecular weight excluding hydrogens is 697 g/mol. The molecule has 304 valence electrons. The first kappa shape index (κ1) is 43.1. The van der Waals surface area contributed by atoms with Gasteiger partial charge >= 0.3 is 0 Å². The van der Waals surface area contributed by atoms with Gasteiger partial charge in [-0.3, -0.25) is 19.6 Å². The van der Waals surface area contributed by atoms with Gasteiger partial charge in [-0.15, -0.1) is 0 Å². The molecule has 0 unspecified atom stereocenters. The molecule has 4 aromatic carbocycles. The molecule has 8 nitrogen and oxygen atoms in total. The van der Waals surface area contributed by atoms with Gasteiger partial charge in [-0.25, -0.2) is 0 Å². The molecule has 4 aromatic rings. The summed E-state index contributed by atoms with van der Waals surface area (Å²) >= 11 is 0. The van der Waals surface area contributed by atoms with Gasteiger partial charge in [0.2, 0.25) is 0 Å². The highest BCUT2D eigenvalue weighted by Crippen LogP contribution is 2.40. The molecule has 0 aliphatic heterocycles. The first-order chi connectivity index (χ1) is 27.0. The Morgan fingerprint density at radius 1 is 0.304 bits per heavy atom. The normalized spacial score (nSPS) is 13.1. The van der Waals surface area contributed by atoms with Crippen LogP contribution in [-0.4, -0.2) is 92.4 Å². The van der Waals surface area contributed by atoms with Crippen LogP contribution in [0.2, 0.25) is 0 Å². The van der Waals surface area contributed by atoms with Crippen LogP contribution in [-0.2, 0) is 51.9 Å². The van der Waals surface area contributed by atoms with Crippen LogP contribution >= 0.6 is 0 Å². The number of hydrogen-bond acceptors (Lipinski definition) is 8. The summed E-state index contributed by atoms with van der Waals surface area (Å²) in [4.78, 5) is 9.45. The molecule has 1 aliphatic rings. The van der Waals surface area contributed by atoms with E-state index in [1.54, 1.807) is 0 Å². The summed E-state index contributed by atoms with van der Waals surface area (Å²) in [7, 11) is 0.